The van der Waals surface area contributed by atoms with E-state index in [1.165, 1.54) is 0 Å². The standard InChI is InChI=1S/C19H30N2O3S/c1-4-15(5-2)19(22)20-16-10-12-18(13-11-16)25(23,24)21-14-8-7-9-17(21)6-3/h10-13,15,17H,4-9,14H2,1-3H3,(H,20,22)/t17-/m1/s1. The van der Waals surface area contributed by atoms with Gasteiger partial charge in [-0.05, 0) is 56.4 Å². The Morgan fingerprint density at radius 1 is 1.16 bits per heavy atom. The average Bonchev–Trinajstić information content (AvgIpc) is 2.63. The van der Waals surface area contributed by atoms with Crippen LogP contribution >= 0.6 is 0 Å². The summed E-state index contributed by atoms with van der Waals surface area (Å²) < 4.78 is 27.5. The first-order valence-corrected chi connectivity index (χ1v) is 10.8. The van der Waals surface area contributed by atoms with Crippen molar-refractivity contribution in [1.29, 1.82) is 0 Å². The molecule has 140 valence electrons. The molecule has 1 aromatic carbocycles. The van der Waals surface area contributed by atoms with E-state index in [1.54, 1.807) is 28.6 Å². The Bertz CT molecular complexity index is 666. The van der Waals surface area contributed by atoms with Gasteiger partial charge in [0.2, 0.25) is 15.9 Å². The van der Waals surface area contributed by atoms with Gasteiger partial charge in [0.05, 0.1) is 4.90 Å². The van der Waals surface area contributed by atoms with Gasteiger partial charge in [0.15, 0.2) is 0 Å². The molecule has 0 bridgehead atoms. The number of sulfonamides is 1. The predicted molar refractivity (Wildman–Crippen MR) is 101 cm³/mol. The van der Waals surface area contributed by atoms with Gasteiger partial charge in [0.1, 0.15) is 0 Å². The number of piperidine rings is 1. The van der Waals surface area contributed by atoms with Crippen LogP contribution in [0.5, 0.6) is 0 Å². The lowest BCUT2D eigenvalue weighted by atomic mass is 10.0. The molecule has 1 saturated heterocycles. The summed E-state index contributed by atoms with van der Waals surface area (Å²) >= 11 is 0. The first-order valence-electron chi connectivity index (χ1n) is 9.36. The lowest BCUT2D eigenvalue weighted by molar-refractivity contribution is -0.120. The van der Waals surface area contributed by atoms with E-state index < -0.39 is 10.0 Å². The van der Waals surface area contributed by atoms with Crippen molar-refractivity contribution in [3.63, 3.8) is 0 Å². The summed E-state index contributed by atoms with van der Waals surface area (Å²) in [6.07, 6.45) is 5.36. The second-order valence-electron chi connectivity index (χ2n) is 6.70. The third-order valence-corrected chi connectivity index (χ3v) is 7.10. The fraction of sp³-hybridized carbons (Fsp3) is 0.632. The van der Waals surface area contributed by atoms with Gasteiger partial charge in [-0.2, -0.15) is 4.31 Å². The first-order chi connectivity index (χ1) is 11.9. The van der Waals surface area contributed by atoms with E-state index in [9.17, 15) is 13.2 Å². The monoisotopic (exact) mass is 366 g/mol. The molecule has 6 heteroatoms. The molecule has 0 aliphatic carbocycles. The zero-order valence-corrected chi connectivity index (χ0v) is 16.3. The molecule has 0 radical (unpaired) electrons. The molecule has 1 aliphatic heterocycles. The third-order valence-electron chi connectivity index (χ3n) is 5.13. The topological polar surface area (TPSA) is 66.5 Å². The van der Waals surface area contributed by atoms with Gasteiger partial charge in [0, 0.05) is 24.2 Å². The van der Waals surface area contributed by atoms with E-state index in [4.69, 9.17) is 0 Å². The van der Waals surface area contributed by atoms with Gasteiger partial charge in [-0.3, -0.25) is 4.79 Å². The molecule has 0 aromatic heterocycles. The number of carbonyl (C=O) groups is 1. The number of hydrogen-bond acceptors (Lipinski definition) is 3. The minimum Gasteiger partial charge on any atom is -0.326 e. The Balaban J connectivity index is 2.14. The van der Waals surface area contributed by atoms with Crippen LogP contribution in [-0.2, 0) is 14.8 Å². The molecule has 0 saturated carbocycles. The number of benzene rings is 1. The zero-order chi connectivity index (χ0) is 18.4. The first kappa shape index (κ1) is 19.9. The van der Waals surface area contributed by atoms with Crippen LogP contribution in [0.25, 0.3) is 0 Å². The lowest BCUT2D eigenvalue weighted by Gasteiger charge is -2.34. The van der Waals surface area contributed by atoms with Crippen LogP contribution in [-0.4, -0.2) is 31.2 Å². The Kier molecular flexibility index (Phi) is 7.02. The average molecular weight is 367 g/mol. The second-order valence-corrected chi connectivity index (χ2v) is 8.59. The summed E-state index contributed by atoms with van der Waals surface area (Å²) in [5, 5.41) is 2.87. The molecule has 1 fully saturated rings. The molecule has 0 spiro atoms. The molecule has 1 heterocycles. The highest BCUT2D eigenvalue weighted by atomic mass is 32.2. The molecule has 1 atom stereocenters. The Morgan fingerprint density at radius 2 is 1.80 bits per heavy atom. The zero-order valence-electron chi connectivity index (χ0n) is 15.5. The van der Waals surface area contributed by atoms with E-state index >= 15 is 0 Å². The van der Waals surface area contributed by atoms with Crippen molar-refractivity contribution in [3.8, 4) is 0 Å². The quantitative estimate of drug-likeness (QED) is 0.793. The number of rotatable bonds is 7. The number of nitrogens with one attached hydrogen (secondary N) is 1. The number of amides is 1. The number of hydrogen-bond donors (Lipinski definition) is 1. The number of nitrogens with zero attached hydrogens (tertiary/aromatic N) is 1. The van der Waals surface area contributed by atoms with Crippen LogP contribution in [0.3, 0.4) is 0 Å². The van der Waals surface area contributed by atoms with Crippen LogP contribution in [0, 0.1) is 5.92 Å². The predicted octanol–water partition coefficient (Wildman–Crippen LogP) is 4.01. The molecule has 5 nitrogen and oxygen atoms in total. The highest BCUT2D eigenvalue weighted by Crippen LogP contribution is 2.27. The summed E-state index contributed by atoms with van der Waals surface area (Å²) in [7, 11) is -3.47. The van der Waals surface area contributed by atoms with Gasteiger partial charge in [-0.1, -0.05) is 27.2 Å². The van der Waals surface area contributed by atoms with Gasteiger partial charge < -0.3 is 5.32 Å². The van der Waals surface area contributed by atoms with Crippen LogP contribution < -0.4 is 5.32 Å². The maximum atomic E-state index is 12.9. The van der Waals surface area contributed by atoms with Crippen molar-refractivity contribution in [1.82, 2.24) is 4.31 Å². The molecule has 1 aromatic rings. The van der Waals surface area contributed by atoms with Crippen molar-refractivity contribution < 1.29 is 13.2 Å². The second kappa shape index (κ2) is 8.81. The molecule has 1 N–H and O–H groups in total. The maximum Gasteiger partial charge on any atom is 0.243 e. The van der Waals surface area contributed by atoms with Crippen molar-refractivity contribution in [2.45, 2.75) is 70.2 Å². The van der Waals surface area contributed by atoms with Gasteiger partial charge in [0.25, 0.3) is 0 Å². The fourth-order valence-corrected chi connectivity index (χ4v) is 5.22. The SMILES string of the molecule is CCC(CC)C(=O)Nc1ccc(S(=O)(=O)N2CCCC[C@H]2CC)cc1. The molecular weight excluding hydrogens is 336 g/mol. The summed E-state index contributed by atoms with van der Waals surface area (Å²) in [6, 6.07) is 6.64. The van der Waals surface area contributed by atoms with Crippen molar-refractivity contribution >= 4 is 21.6 Å². The molecule has 0 unspecified atom stereocenters. The lowest BCUT2D eigenvalue weighted by Crippen LogP contribution is -2.43. The summed E-state index contributed by atoms with van der Waals surface area (Å²) in [5.41, 5.74) is 0.640. The molecule has 2 rings (SSSR count). The Morgan fingerprint density at radius 3 is 2.36 bits per heavy atom. The van der Waals surface area contributed by atoms with Crippen molar-refractivity contribution in [2.75, 3.05) is 11.9 Å². The molecule has 1 amide bonds. The van der Waals surface area contributed by atoms with Crippen LogP contribution in [0.15, 0.2) is 29.2 Å². The highest BCUT2D eigenvalue weighted by molar-refractivity contribution is 7.89. The highest BCUT2D eigenvalue weighted by Gasteiger charge is 2.32. The summed E-state index contributed by atoms with van der Waals surface area (Å²) in [4.78, 5) is 12.4. The number of anilines is 1. The maximum absolute atomic E-state index is 12.9. The minimum atomic E-state index is -3.47. The largest absolute Gasteiger partial charge is 0.326 e. The van der Waals surface area contributed by atoms with E-state index in [0.29, 0.717) is 17.1 Å². The normalized spacial score (nSPS) is 19.1. The molecule has 25 heavy (non-hydrogen) atoms. The molecule has 1 aliphatic rings. The van der Waals surface area contributed by atoms with Gasteiger partial charge in [-0.15, -0.1) is 0 Å². The number of carbonyl (C=O) groups excluding carboxylic acids is 1. The van der Waals surface area contributed by atoms with Crippen molar-refractivity contribution in [3.05, 3.63) is 24.3 Å². The van der Waals surface area contributed by atoms with Gasteiger partial charge >= 0.3 is 0 Å². The van der Waals surface area contributed by atoms with Crippen LogP contribution in [0.2, 0.25) is 0 Å². The van der Waals surface area contributed by atoms with E-state index in [-0.39, 0.29) is 17.9 Å². The Labute approximate surface area is 151 Å². The summed E-state index contributed by atoms with van der Waals surface area (Å²) in [5.74, 6) is -0.0234. The smallest absolute Gasteiger partial charge is 0.243 e. The van der Waals surface area contributed by atoms with E-state index in [2.05, 4.69) is 5.32 Å². The fourth-order valence-electron chi connectivity index (χ4n) is 3.45. The van der Waals surface area contributed by atoms with Crippen LogP contribution in [0.1, 0.15) is 59.3 Å². The minimum absolute atomic E-state index is 0.0114. The Hall–Kier alpha value is -1.40. The molecular formula is C19H30N2O3S. The third kappa shape index (κ3) is 4.61. The van der Waals surface area contributed by atoms with Gasteiger partial charge in [-0.25, -0.2) is 8.42 Å². The van der Waals surface area contributed by atoms with Crippen LogP contribution in [0.4, 0.5) is 5.69 Å². The van der Waals surface area contributed by atoms with E-state index in [0.717, 1.165) is 38.5 Å². The van der Waals surface area contributed by atoms with E-state index in [1.807, 2.05) is 20.8 Å². The summed E-state index contributed by atoms with van der Waals surface area (Å²) in [6.45, 7) is 6.61. The van der Waals surface area contributed by atoms with Crippen molar-refractivity contribution in [2.24, 2.45) is 5.92 Å².